The lowest BCUT2D eigenvalue weighted by molar-refractivity contribution is 0.0699. The SMILES string of the molecule is CS(=O)(=O)Nc1ccc(-c2ccc(C(=O)O)c3ccccc23)cc1F. The second kappa shape index (κ2) is 6.18. The van der Waals surface area contributed by atoms with Gasteiger partial charge in [-0.15, -0.1) is 0 Å². The summed E-state index contributed by atoms with van der Waals surface area (Å²) in [6.45, 7) is 0. The van der Waals surface area contributed by atoms with Crippen molar-refractivity contribution < 1.29 is 22.7 Å². The number of benzene rings is 3. The Kier molecular flexibility index (Phi) is 4.18. The van der Waals surface area contributed by atoms with E-state index in [0.717, 1.165) is 6.26 Å². The maximum atomic E-state index is 14.3. The lowest BCUT2D eigenvalue weighted by atomic mass is 9.95. The summed E-state index contributed by atoms with van der Waals surface area (Å²) in [4.78, 5) is 11.4. The molecule has 0 unspecified atom stereocenters. The number of aromatic carboxylic acids is 1. The molecule has 0 saturated carbocycles. The second-order valence-corrected chi connectivity index (χ2v) is 7.33. The van der Waals surface area contributed by atoms with E-state index in [-0.39, 0.29) is 11.3 Å². The average Bonchev–Trinajstić information content (AvgIpc) is 2.54. The Morgan fingerprint density at radius 2 is 1.72 bits per heavy atom. The first-order valence-electron chi connectivity index (χ1n) is 7.29. The minimum absolute atomic E-state index is 0.141. The van der Waals surface area contributed by atoms with Crippen LogP contribution in [0.2, 0.25) is 0 Å². The van der Waals surface area contributed by atoms with E-state index in [1.54, 1.807) is 36.4 Å². The number of nitrogens with one attached hydrogen (secondary N) is 1. The van der Waals surface area contributed by atoms with E-state index in [1.165, 1.54) is 18.2 Å². The summed E-state index contributed by atoms with van der Waals surface area (Å²) in [7, 11) is -3.58. The van der Waals surface area contributed by atoms with Crippen LogP contribution in [-0.2, 0) is 10.0 Å². The largest absolute Gasteiger partial charge is 0.478 e. The Morgan fingerprint density at radius 3 is 2.32 bits per heavy atom. The van der Waals surface area contributed by atoms with Gasteiger partial charge in [0.15, 0.2) is 0 Å². The van der Waals surface area contributed by atoms with Gasteiger partial charge in [-0.2, -0.15) is 0 Å². The molecule has 3 aromatic carbocycles. The van der Waals surface area contributed by atoms with E-state index in [4.69, 9.17) is 0 Å². The molecule has 0 saturated heterocycles. The van der Waals surface area contributed by atoms with Gasteiger partial charge in [-0.05, 0) is 40.1 Å². The summed E-state index contributed by atoms with van der Waals surface area (Å²) in [5.74, 6) is -1.75. The zero-order chi connectivity index (χ0) is 18.2. The van der Waals surface area contributed by atoms with E-state index in [0.29, 0.717) is 21.9 Å². The van der Waals surface area contributed by atoms with Gasteiger partial charge < -0.3 is 5.11 Å². The molecule has 2 N–H and O–H groups in total. The number of carbonyl (C=O) groups is 1. The van der Waals surface area contributed by atoms with Gasteiger partial charge in [-0.1, -0.05) is 36.4 Å². The van der Waals surface area contributed by atoms with E-state index in [2.05, 4.69) is 4.72 Å². The molecule has 0 radical (unpaired) electrons. The molecule has 0 fully saturated rings. The molecule has 7 heteroatoms. The van der Waals surface area contributed by atoms with Crippen LogP contribution in [-0.4, -0.2) is 25.7 Å². The van der Waals surface area contributed by atoms with E-state index in [9.17, 15) is 22.7 Å². The van der Waals surface area contributed by atoms with E-state index >= 15 is 0 Å². The summed E-state index contributed by atoms with van der Waals surface area (Å²) in [6, 6.07) is 14.2. The van der Waals surface area contributed by atoms with Crippen LogP contribution in [0.3, 0.4) is 0 Å². The fourth-order valence-electron chi connectivity index (χ4n) is 2.70. The quantitative estimate of drug-likeness (QED) is 0.744. The standard InChI is InChI=1S/C18H14FNO4S/c1-25(23,24)20-17-9-6-11(10-16(17)19)12-7-8-15(18(21)22)14-5-3-2-4-13(12)14/h2-10,20H,1H3,(H,21,22). The molecular weight excluding hydrogens is 345 g/mol. The molecule has 0 bridgehead atoms. The van der Waals surface area contributed by atoms with Crippen molar-refractivity contribution in [2.75, 3.05) is 11.0 Å². The van der Waals surface area contributed by atoms with Crippen molar-refractivity contribution in [3.8, 4) is 11.1 Å². The van der Waals surface area contributed by atoms with Gasteiger partial charge in [0, 0.05) is 0 Å². The predicted molar refractivity (Wildman–Crippen MR) is 94.8 cm³/mol. The fraction of sp³-hybridized carbons (Fsp3) is 0.0556. The number of sulfonamides is 1. The molecule has 0 aliphatic heterocycles. The van der Waals surface area contributed by atoms with Crippen molar-refractivity contribution in [1.82, 2.24) is 0 Å². The minimum Gasteiger partial charge on any atom is -0.478 e. The Bertz CT molecular complexity index is 1090. The first kappa shape index (κ1) is 16.9. The molecule has 0 amide bonds. The van der Waals surface area contributed by atoms with Gasteiger partial charge in [0.05, 0.1) is 17.5 Å². The van der Waals surface area contributed by atoms with Gasteiger partial charge in [0.2, 0.25) is 10.0 Å². The van der Waals surface area contributed by atoms with Gasteiger partial charge >= 0.3 is 5.97 Å². The van der Waals surface area contributed by atoms with Crippen LogP contribution < -0.4 is 4.72 Å². The van der Waals surface area contributed by atoms with Crippen molar-refractivity contribution in [2.24, 2.45) is 0 Å². The normalized spacial score (nSPS) is 11.4. The van der Waals surface area contributed by atoms with Crippen LogP contribution in [0, 0.1) is 5.82 Å². The summed E-state index contributed by atoms with van der Waals surface area (Å²) in [5, 5.41) is 10.5. The molecular formula is C18H14FNO4S. The molecule has 0 heterocycles. The smallest absolute Gasteiger partial charge is 0.336 e. The molecule has 0 aliphatic rings. The van der Waals surface area contributed by atoms with Crippen molar-refractivity contribution >= 4 is 32.5 Å². The zero-order valence-corrected chi connectivity index (χ0v) is 14.0. The number of halogens is 1. The van der Waals surface area contributed by atoms with E-state index in [1.807, 2.05) is 0 Å². The minimum atomic E-state index is -3.58. The average molecular weight is 359 g/mol. The van der Waals surface area contributed by atoms with Crippen LogP contribution in [0.4, 0.5) is 10.1 Å². The first-order chi connectivity index (χ1) is 11.8. The number of hydrogen-bond donors (Lipinski definition) is 2. The highest BCUT2D eigenvalue weighted by molar-refractivity contribution is 7.92. The Hall–Kier alpha value is -2.93. The number of rotatable bonds is 4. The maximum Gasteiger partial charge on any atom is 0.336 e. The summed E-state index contributed by atoms with van der Waals surface area (Å²) < 4.78 is 38.9. The monoisotopic (exact) mass is 359 g/mol. The Morgan fingerprint density at radius 1 is 1.04 bits per heavy atom. The topological polar surface area (TPSA) is 83.5 Å². The molecule has 0 spiro atoms. The molecule has 3 rings (SSSR count). The van der Waals surface area contributed by atoms with Gasteiger partial charge in [-0.3, -0.25) is 4.72 Å². The van der Waals surface area contributed by atoms with Crippen LogP contribution >= 0.6 is 0 Å². The zero-order valence-electron chi connectivity index (χ0n) is 13.2. The lowest BCUT2D eigenvalue weighted by Crippen LogP contribution is -2.10. The fourth-order valence-corrected chi connectivity index (χ4v) is 3.27. The molecule has 0 atom stereocenters. The third kappa shape index (κ3) is 3.46. The molecule has 0 aliphatic carbocycles. The molecule has 0 aromatic heterocycles. The van der Waals surface area contributed by atoms with Crippen molar-refractivity contribution in [3.05, 3.63) is 66.0 Å². The van der Waals surface area contributed by atoms with Gasteiger partial charge in [-0.25, -0.2) is 17.6 Å². The maximum absolute atomic E-state index is 14.3. The summed E-state index contributed by atoms with van der Waals surface area (Å²) >= 11 is 0. The summed E-state index contributed by atoms with van der Waals surface area (Å²) in [6.07, 6.45) is 0.943. The van der Waals surface area contributed by atoms with Crippen molar-refractivity contribution in [3.63, 3.8) is 0 Å². The molecule has 5 nitrogen and oxygen atoms in total. The molecule has 128 valence electrons. The second-order valence-electron chi connectivity index (χ2n) is 5.58. The lowest BCUT2D eigenvalue weighted by Gasteiger charge is -2.11. The number of carboxylic acids is 1. The number of fused-ring (bicyclic) bond motifs is 1. The highest BCUT2D eigenvalue weighted by Gasteiger charge is 2.14. The van der Waals surface area contributed by atoms with Crippen LogP contribution in [0.15, 0.2) is 54.6 Å². The highest BCUT2D eigenvalue weighted by atomic mass is 32.2. The third-order valence-electron chi connectivity index (χ3n) is 3.73. The molecule has 25 heavy (non-hydrogen) atoms. The van der Waals surface area contributed by atoms with Crippen LogP contribution in [0.25, 0.3) is 21.9 Å². The van der Waals surface area contributed by atoms with E-state index < -0.39 is 21.8 Å². The van der Waals surface area contributed by atoms with Gasteiger partial charge in [0.25, 0.3) is 0 Å². The van der Waals surface area contributed by atoms with Crippen LogP contribution in [0.1, 0.15) is 10.4 Å². The number of hydrogen-bond acceptors (Lipinski definition) is 3. The Labute approximate surface area is 143 Å². The summed E-state index contributed by atoms with van der Waals surface area (Å²) in [5.41, 5.74) is 1.20. The third-order valence-corrected chi connectivity index (χ3v) is 4.32. The predicted octanol–water partition coefficient (Wildman–Crippen LogP) is 3.72. The number of anilines is 1. The van der Waals surface area contributed by atoms with Gasteiger partial charge in [0.1, 0.15) is 5.82 Å². The first-order valence-corrected chi connectivity index (χ1v) is 9.18. The van der Waals surface area contributed by atoms with Crippen LogP contribution in [0.5, 0.6) is 0 Å². The Balaban J connectivity index is 2.16. The highest BCUT2D eigenvalue weighted by Crippen LogP contribution is 2.32. The van der Waals surface area contributed by atoms with Crippen molar-refractivity contribution in [2.45, 2.75) is 0 Å². The number of carboxylic acid groups (broad SMARTS) is 1. The van der Waals surface area contributed by atoms with Crippen molar-refractivity contribution in [1.29, 1.82) is 0 Å². The molecule has 3 aromatic rings.